The quantitative estimate of drug-likeness (QED) is 0.0963. The number of benzene rings is 5. The normalized spacial score (nSPS) is 10.8. The summed E-state index contributed by atoms with van der Waals surface area (Å²) in [6, 6.07) is 38.3. The Hall–Kier alpha value is -5.49. The van der Waals surface area contributed by atoms with Crippen LogP contribution in [0.4, 0.5) is 0 Å². The van der Waals surface area contributed by atoms with Gasteiger partial charge in [0.15, 0.2) is 5.78 Å². The lowest BCUT2D eigenvalue weighted by atomic mass is 10.1. The van der Waals surface area contributed by atoms with E-state index >= 15 is 0 Å². The minimum Gasteiger partial charge on any atom is -0.497 e. The van der Waals surface area contributed by atoms with E-state index in [2.05, 4.69) is 0 Å². The number of carbonyl (C=O) groups is 1. The van der Waals surface area contributed by atoms with Crippen LogP contribution in [-0.2, 0) is 19.8 Å². The van der Waals surface area contributed by atoms with Gasteiger partial charge in [-0.25, -0.2) is 0 Å². The molecule has 44 heavy (non-hydrogen) atoms. The zero-order valence-corrected chi connectivity index (χ0v) is 24.8. The molecule has 0 amide bonds. The van der Waals surface area contributed by atoms with Crippen molar-refractivity contribution in [1.82, 2.24) is 0 Å². The number of ether oxygens (including phenoxy) is 5. The molecule has 0 aliphatic heterocycles. The highest BCUT2D eigenvalue weighted by atomic mass is 16.5. The van der Waals surface area contributed by atoms with Gasteiger partial charge in [0.2, 0.25) is 0 Å². The summed E-state index contributed by atoms with van der Waals surface area (Å²) in [6.45, 7) is 1.13. The predicted molar refractivity (Wildman–Crippen MR) is 172 cm³/mol. The monoisotopic (exact) mass is 586 g/mol. The molecule has 0 atom stereocenters. The molecule has 0 fully saturated rings. The van der Waals surface area contributed by atoms with Crippen LogP contribution in [0.15, 0.2) is 127 Å². The fourth-order valence-corrected chi connectivity index (χ4v) is 4.45. The summed E-state index contributed by atoms with van der Waals surface area (Å²) in [5.74, 6) is 2.90. The molecule has 5 aromatic rings. The average molecular weight is 587 g/mol. The smallest absolute Gasteiger partial charge is 0.189 e. The van der Waals surface area contributed by atoms with Gasteiger partial charge in [-0.15, -0.1) is 0 Å². The van der Waals surface area contributed by atoms with E-state index < -0.39 is 0 Å². The standard InChI is InChI=1S/C38H34O6/c1-40-32-17-13-30(14-18-32)26-43-33-19-15-31(37(23-33)41-2)16-22-36(39)35-21-20-34(42-25-28-9-5-3-6-10-28)24-38(35)44-27-29-11-7-4-8-12-29/h3-24H,25-27H2,1-2H3. The minimum atomic E-state index is -0.204. The van der Waals surface area contributed by atoms with Crippen molar-refractivity contribution in [3.05, 3.63) is 155 Å². The Morgan fingerprint density at radius 2 is 1.07 bits per heavy atom. The van der Waals surface area contributed by atoms with Gasteiger partial charge in [0.05, 0.1) is 19.8 Å². The molecule has 5 rings (SSSR count). The molecule has 0 unspecified atom stereocenters. The lowest BCUT2D eigenvalue weighted by Crippen LogP contribution is -2.04. The van der Waals surface area contributed by atoms with E-state index in [-0.39, 0.29) is 5.78 Å². The van der Waals surface area contributed by atoms with E-state index in [9.17, 15) is 4.79 Å². The molecule has 0 aromatic heterocycles. The van der Waals surface area contributed by atoms with E-state index in [0.29, 0.717) is 48.4 Å². The van der Waals surface area contributed by atoms with Crippen LogP contribution in [0, 0.1) is 0 Å². The summed E-state index contributed by atoms with van der Waals surface area (Å²) < 4.78 is 28.9. The molecule has 0 radical (unpaired) electrons. The van der Waals surface area contributed by atoms with Crippen LogP contribution in [0.5, 0.6) is 28.7 Å². The van der Waals surface area contributed by atoms with Crippen LogP contribution in [0.1, 0.15) is 32.6 Å². The molecule has 0 N–H and O–H groups in total. The van der Waals surface area contributed by atoms with Crippen molar-refractivity contribution >= 4 is 11.9 Å². The van der Waals surface area contributed by atoms with Crippen LogP contribution in [0.2, 0.25) is 0 Å². The SMILES string of the molecule is COc1ccc(COc2ccc(C=CC(=O)c3ccc(OCc4ccccc4)cc3OCc3ccccc3)c(OC)c2)cc1. The van der Waals surface area contributed by atoms with E-state index in [0.717, 1.165) is 28.0 Å². The molecule has 5 aromatic carbocycles. The van der Waals surface area contributed by atoms with Crippen LogP contribution in [-0.4, -0.2) is 20.0 Å². The summed E-state index contributed by atoms with van der Waals surface area (Å²) in [6.07, 6.45) is 3.25. The van der Waals surface area contributed by atoms with Gasteiger partial charge in [0.1, 0.15) is 48.6 Å². The Morgan fingerprint density at radius 3 is 1.66 bits per heavy atom. The maximum Gasteiger partial charge on any atom is 0.189 e. The van der Waals surface area contributed by atoms with Crippen LogP contribution >= 0.6 is 0 Å². The number of hydrogen-bond acceptors (Lipinski definition) is 6. The predicted octanol–water partition coefficient (Wildman–Crippen LogP) is 8.34. The van der Waals surface area contributed by atoms with Crippen molar-refractivity contribution in [1.29, 1.82) is 0 Å². The lowest BCUT2D eigenvalue weighted by molar-refractivity contribution is 0.104. The summed E-state index contributed by atoms with van der Waals surface area (Å²) in [5.41, 5.74) is 4.24. The van der Waals surface area contributed by atoms with Gasteiger partial charge in [0, 0.05) is 17.7 Å². The highest BCUT2D eigenvalue weighted by Crippen LogP contribution is 2.30. The number of rotatable bonds is 14. The van der Waals surface area contributed by atoms with E-state index in [1.54, 1.807) is 44.6 Å². The van der Waals surface area contributed by atoms with Gasteiger partial charge in [0.25, 0.3) is 0 Å². The molecule has 6 nitrogen and oxygen atoms in total. The number of allylic oxidation sites excluding steroid dienone is 1. The Kier molecular flexibility index (Phi) is 10.3. The Labute approximate surface area is 258 Å². The second-order valence-electron chi connectivity index (χ2n) is 9.94. The first-order chi connectivity index (χ1) is 21.6. The van der Waals surface area contributed by atoms with E-state index in [4.69, 9.17) is 23.7 Å². The van der Waals surface area contributed by atoms with Crippen LogP contribution in [0.3, 0.4) is 0 Å². The van der Waals surface area contributed by atoms with Gasteiger partial charge in [-0.05, 0) is 65.2 Å². The Balaban J connectivity index is 1.30. The molecule has 0 saturated carbocycles. The third-order valence-electron chi connectivity index (χ3n) is 6.89. The zero-order valence-electron chi connectivity index (χ0n) is 24.8. The van der Waals surface area contributed by atoms with Crippen molar-refractivity contribution in [2.24, 2.45) is 0 Å². The summed E-state index contributed by atoms with van der Waals surface area (Å²) >= 11 is 0. The first-order valence-electron chi connectivity index (χ1n) is 14.2. The number of carbonyl (C=O) groups excluding carboxylic acids is 1. The maximum atomic E-state index is 13.4. The van der Waals surface area contributed by atoms with Crippen LogP contribution < -0.4 is 23.7 Å². The minimum absolute atomic E-state index is 0.204. The highest BCUT2D eigenvalue weighted by molar-refractivity contribution is 6.08. The van der Waals surface area contributed by atoms with Crippen molar-refractivity contribution in [2.75, 3.05) is 14.2 Å². The number of methoxy groups -OCH3 is 2. The molecule has 222 valence electrons. The zero-order chi connectivity index (χ0) is 30.6. The topological polar surface area (TPSA) is 63.2 Å². The Morgan fingerprint density at radius 1 is 0.545 bits per heavy atom. The fraction of sp³-hybridized carbons (Fsp3) is 0.132. The van der Waals surface area contributed by atoms with E-state index in [1.165, 1.54) is 6.08 Å². The molecule has 0 aliphatic carbocycles. The van der Waals surface area contributed by atoms with Gasteiger partial charge in [-0.3, -0.25) is 4.79 Å². The first kappa shape index (κ1) is 30.0. The van der Waals surface area contributed by atoms with Gasteiger partial charge in [-0.1, -0.05) is 72.8 Å². The van der Waals surface area contributed by atoms with Crippen molar-refractivity contribution in [2.45, 2.75) is 19.8 Å². The van der Waals surface area contributed by atoms with Gasteiger partial charge in [-0.2, -0.15) is 0 Å². The first-order valence-corrected chi connectivity index (χ1v) is 14.2. The average Bonchev–Trinajstić information content (AvgIpc) is 3.09. The largest absolute Gasteiger partial charge is 0.497 e. The number of hydrogen-bond donors (Lipinski definition) is 0. The molecule has 0 aliphatic rings. The van der Waals surface area contributed by atoms with Gasteiger partial charge >= 0.3 is 0 Å². The van der Waals surface area contributed by atoms with Gasteiger partial charge < -0.3 is 23.7 Å². The molecular formula is C38H34O6. The van der Waals surface area contributed by atoms with Crippen LogP contribution in [0.25, 0.3) is 6.08 Å². The molecule has 0 bridgehead atoms. The lowest BCUT2D eigenvalue weighted by Gasteiger charge is -2.13. The molecule has 0 saturated heterocycles. The molecule has 0 spiro atoms. The Bertz CT molecular complexity index is 1680. The maximum absolute atomic E-state index is 13.4. The van der Waals surface area contributed by atoms with Crippen molar-refractivity contribution in [3.8, 4) is 28.7 Å². The fourth-order valence-electron chi connectivity index (χ4n) is 4.45. The molecule has 6 heteroatoms. The number of ketones is 1. The second-order valence-corrected chi connectivity index (χ2v) is 9.94. The van der Waals surface area contributed by atoms with Crippen molar-refractivity contribution in [3.63, 3.8) is 0 Å². The second kappa shape index (κ2) is 15.1. The summed E-state index contributed by atoms with van der Waals surface area (Å²) in [4.78, 5) is 13.4. The third kappa shape index (κ3) is 8.29. The third-order valence-corrected chi connectivity index (χ3v) is 6.89. The summed E-state index contributed by atoms with van der Waals surface area (Å²) in [7, 11) is 3.23. The van der Waals surface area contributed by atoms with Crippen molar-refractivity contribution < 1.29 is 28.5 Å². The highest BCUT2D eigenvalue weighted by Gasteiger charge is 2.14. The summed E-state index contributed by atoms with van der Waals surface area (Å²) in [5, 5.41) is 0. The molecular weight excluding hydrogens is 552 g/mol. The van der Waals surface area contributed by atoms with E-state index in [1.807, 2.05) is 97.1 Å². The molecule has 0 heterocycles.